The summed E-state index contributed by atoms with van der Waals surface area (Å²) in [5, 5.41) is 8.22. The Morgan fingerprint density at radius 3 is 2.56 bits per heavy atom. The van der Waals surface area contributed by atoms with Crippen LogP contribution in [-0.4, -0.2) is 22.2 Å². The summed E-state index contributed by atoms with van der Waals surface area (Å²) >= 11 is 0. The molecule has 0 saturated carbocycles. The Bertz CT molecular complexity index is 982. The van der Waals surface area contributed by atoms with E-state index in [2.05, 4.69) is 10.4 Å². The van der Waals surface area contributed by atoms with Gasteiger partial charge in [0.2, 0.25) is 5.91 Å². The summed E-state index contributed by atoms with van der Waals surface area (Å²) in [6, 6.07) is 13.6. The third-order valence-corrected chi connectivity index (χ3v) is 4.02. The number of rotatable bonds is 5. The van der Waals surface area contributed by atoms with Crippen LogP contribution >= 0.6 is 0 Å². The van der Waals surface area contributed by atoms with Gasteiger partial charge in [-0.2, -0.15) is 5.10 Å². The van der Waals surface area contributed by atoms with Crippen LogP contribution in [0.4, 0.5) is 4.39 Å². The molecule has 5 nitrogen and oxygen atoms in total. The third-order valence-electron chi connectivity index (χ3n) is 4.02. The fraction of sp³-hybridized carbons (Fsp3) is 0.211. The number of nitrogens with one attached hydrogen (secondary N) is 1. The average Bonchev–Trinajstić information content (AvgIpc) is 2.61. The van der Waals surface area contributed by atoms with Crippen LogP contribution in [0.25, 0.3) is 10.8 Å². The first-order chi connectivity index (χ1) is 12.1. The maximum Gasteiger partial charge on any atom is 0.275 e. The van der Waals surface area contributed by atoms with E-state index in [4.69, 9.17) is 0 Å². The third kappa shape index (κ3) is 3.74. The second-order valence-corrected chi connectivity index (χ2v) is 5.79. The first kappa shape index (κ1) is 16.8. The van der Waals surface area contributed by atoms with Crippen molar-refractivity contribution in [3.63, 3.8) is 0 Å². The first-order valence-electron chi connectivity index (χ1n) is 8.03. The first-order valence-corrected chi connectivity index (χ1v) is 8.03. The molecule has 0 aliphatic rings. The van der Waals surface area contributed by atoms with Crippen molar-refractivity contribution in [3.8, 4) is 0 Å². The second kappa shape index (κ2) is 7.25. The highest BCUT2D eigenvalue weighted by molar-refractivity contribution is 5.83. The summed E-state index contributed by atoms with van der Waals surface area (Å²) in [6.07, 6.45) is 0.386. The molecule has 0 aliphatic carbocycles. The van der Waals surface area contributed by atoms with Gasteiger partial charge >= 0.3 is 0 Å². The number of hydrogen-bond acceptors (Lipinski definition) is 3. The van der Waals surface area contributed by atoms with Crippen molar-refractivity contribution in [3.05, 3.63) is 76.0 Å². The number of carbonyl (C=O) groups excluding carboxylic acids is 1. The van der Waals surface area contributed by atoms with Crippen LogP contribution in [0.2, 0.25) is 0 Å². The summed E-state index contributed by atoms with van der Waals surface area (Å²) in [5.41, 5.74) is 0.930. The number of benzene rings is 2. The number of amides is 1. The van der Waals surface area contributed by atoms with Crippen LogP contribution in [0.1, 0.15) is 11.3 Å². The molecule has 128 valence electrons. The Morgan fingerprint density at radius 2 is 1.80 bits per heavy atom. The predicted octanol–water partition coefficient (Wildman–Crippen LogP) is 2.20. The van der Waals surface area contributed by atoms with Gasteiger partial charge in [0.15, 0.2) is 0 Å². The van der Waals surface area contributed by atoms with E-state index in [-0.39, 0.29) is 23.8 Å². The highest BCUT2D eigenvalue weighted by atomic mass is 19.1. The van der Waals surface area contributed by atoms with Crippen LogP contribution in [0.3, 0.4) is 0 Å². The number of aromatic nitrogens is 2. The predicted molar refractivity (Wildman–Crippen MR) is 93.9 cm³/mol. The lowest BCUT2D eigenvalue weighted by Crippen LogP contribution is -2.35. The maximum atomic E-state index is 13.5. The van der Waals surface area contributed by atoms with Crippen molar-refractivity contribution >= 4 is 16.7 Å². The lowest BCUT2D eigenvalue weighted by molar-refractivity contribution is -0.121. The SMILES string of the molecule is Cc1nn(CC(=O)NCCc2ccccc2F)c(=O)c2ccccc12. The fourth-order valence-corrected chi connectivity index (χ4v) is 2.74. The molecule has 0 bridgehead atoms. The smallest absolute Gasteiger partial charge is 0.275 e. The Kier molecular flexibility index (Phi) is 4.88. The second-order valence-electron chi connectivity index (χ2n) is 5.79. The molecular weight excluding hydrogens is 321 g/mol. The van der Waals surface area contributed by atoms with Gasteiger partial charge < -0.3 is 5.32 Å². The zero-order chi connectivity index (χ0) is 17.8. The number of nitrogens with zero attached hydrogens (tertiary/aromatic N) is 2. The highest BCUT2D eigenvalue weighted by Gasteiger charge is 2.10. The zero-order valence-electron chi connectivity index (χ0n) is 13.8. The van der Waals surface area contributed by atoms with Gasteiger partial charge in [-0.15, -0.1) is 0 Å². The standard InChI is InChI=1S/C19H18FN3O2/c1-13-15-7-3-4-8-16(15)19(25)23(22-13)12-18(24)21-11-10-14-6-2-5-9-17(14)20/h2-9H,10-12H2,1H3,(H,21,24). The van der Waals surface area contributed by atoms with Crippen LogP contribution in [0.15, 0.2) is 53.3 Å². The lowest BCUT2D eigenvalue weighted by Gasteiger charge is -2.09. The summed E-state index contributed by atoms with van der Waals surface area (Å²) in [6.45, 7) is 1.93. The molecule has 3 rings (SSSR count). The Labute approximate surface area is 144 Å². The Balaban J connectivity index is 1.67. The van der Waals surface area contributed by atoms with Gasteiger partial charge in [-0.3, -0.25) is 9.59 Å². The minimum absolute atomic E-state index is 0.165. The van der Waals surface area contributed by atoms with Gasteiger partial charge in [-0.1, -0.05) is 36.4 Å². The molecule has 1 N–H and O–H groups in total. The largest absolute Gasteiger partial charge is 0.354 e. The number of carbonyl (C=O) groups is 1. The molecule has 0 radical (unpaired) electrons. The highest BCUT2D eigenvalue weighted by Crippen LogP contribution is 2.11. The van der Waals surface area contributed by atoms with Crippen molar-refractivity contribution in [2.24, 2.45) is 0 Å². The van der Waals surface area contributed by atoms with Gasteiger partial charge in [0, 0.05) is 11.9 Å². The van der Waals surface area contributed by atoms with Crippen molar-refractivity contribution < 1.29 is 9.18 Å². The van der Waals surface area contributed by atoms with E-state index in [0.717, 1.165) is 10.1 Å². The van der Waals surface area contributed by atoms with E-state index in [1.54, 1.807) is 37.3 Å². The van der Waals surface area contributed by atoms with Crippen molar-refractivity contribution in [1.82, 2.24) is 15.1 Å². The average molecular weight is 339 g/mol. The van der Waals surface area contributed by atoms with E-state index < -0.39 is 0 Å². The quantitative estimate of drug-likeness (QED) is 0.775. The van der Waals surface area contributed by atoms with E-state index in [1.807, 2.05) is 12.1 Å². The molecule has 0 fully saturated rings. The Hall–Kier alpha value is -3.02. The van der Waals surface area contributed by atoms with Crippen LogP contribution in [-0.2, 0) is 17.8 Å². The topological polar surface area (TPSA) is 64.0 Å². The molecule has 0 aliphatic heterocycles. The van der Waals surface area contributed by atoms with E-state index in [0.29, 0.717) is 29.6 Å². The van der Waals surface area contributed by atoms with Gasteiger partial charge in [0.05, 0.1) is 11.1 Å². The molecule has 0 unspecified atom stereocenters. The van der Waals surface area contributed by atoms with Gasteiger partial charge in [0.1, 0.15) is 12.4 Å². The number of aryl methyl sites for hydroxylation is 1. The summed E-state index contributed by atoms with van der Waals surface area (Å²) in [7, 11) is 0. The molecule has 1 heterocycles. The van der Waals surface area contributed by atoms with Gasteiger partial charge in [-0.05, 0) is 31.0 Å². The van der Waals surface area contributed by atoms with E-state index in [1.165, 1.54) is 6.07 Å². The van der Waals surface area contributed by atoms with Crippen LogP contribution < -0.4 is 10.9 Å². The Morgan fingerprint density at radius 1 is 1.12 bits per heavy atom. The van der Waals surface area contributed by atoms with Gasteiger partial charge in [0.25, 0.3) is 5.56 Å². The minimum atomic E-state index is -0.333. The summed E-state index contributed by atoms with van der Waals surface area (Å²) in [5.74, 6) is -0.625. The van der Waals surface area contributed by atoms with Crippen LogP contribution in [0, 0.1) is 12.7 Å². The molecular formula is C19H18FN3O2. The van der Waals surface area contributed by atoms with Crippen molar-refractivity contribution in [2.75, 3.05) is 6.54 Å². The zero-order valence-corrected chi connectivity index (χ0v) is 13.8. The normalized spacial score (nSPS) is 10.8. The lowest BCUT2D eigenvalue weighted by atomic mass is 10.1. The fourth-order valence-electron chi connectivity index (χ4n) is 2.74. The maximum absolute atomic E-state index is 13.5. The van der Waals surface area contributed by atoms with Crippen molar-refractivity contribution in [1.29, 1.82) is 0 Å². The minimum Gasteiger partial charge on any atom is -0.354 e. The molecule has 0 saturated heterocycles. The molecule has 3 aromatic rings. The molecule has 1 aromatic heterocycles. The summed E-state index contributed by atoms with van der Waals surface area (Å²) in [4.78, 5) is 24.5. The molecule has 2 aromatic carbocycles. The molecule has 0 spiro atoms. The molecule has 1 amide bonds. The molecule has 25 heavy (non-hydrogen) atoms. The number of halogens is 1. The molecule has 6 heteroatoms. The number of fused-ring (bicyclic) bond motifs is 1. The van der Waals surface area contributed by atoms with E-state index in [9.17, 15) is 14.0 Å². The van der Waals surface area contributed by atoms with Crippen LogP contribution in [0.5, 0.6) is 0 Å². The van der Waals surface area contributed by atoms with Gasteiger partial charge in [-0.25, -0.2) is 9.07 Å². The monoisotopic (exact) mass is 339 g/mol. The van der Waals surface area contributed by atoms with E-state index >= 15 is 0 Å². The summed E-state index contributed by atoms with van der Waals surface area (Å²) < 4.78 is 14.7. The number of hydrogen-bond donors (Lipinski definition) is 1. The molecule has 0 atom stereocenters. The van der Waals surface area contributed by atoms with Crippen molar-refractivity contribution in [2.45, 2.75) is 19.9 Å².